The lowest BCUT2D eigenvalue weighted by Gasteiger charge is -2.23. The minimum Gasteiger partial charge on any atom is -0.497 e. The van der Waals surface area contributed by atoms with Crippen molar-refractivity contribution in [3.05, 3.63) is 48.0 Å². The van der Waals surface area contributed by atoms with E-state index >= 15 is 0 Å². The van der Waals surface area contributed by atoms with Crippen LogP contribution in [0.25, 0.3) is 0 Å². The van der Waals surface area contributed by atoms with Gasteiger partial charge in [0, 0.05) is 13.6 Å². The first-order valence-electron chi connectivity index (χ1n) is 8.51. The van der Waals surface area contributed by atoms with Crippen molar-refractivity contribution in [2.24, 2.45) is 0 Å². The third-order valence-corrected chi connectivity index (χ3v) is 4.12. The molecule has 0 bridgehead atoms. The minimum absolute atomic E-state index is 0.101. The Morgan fingerprint density at radius 2 is 1.73 bits per heavy atom. The Morgan fingerprint density at radius 3 is 2.42 bits per heavy atom. The standard InChI is InChI=1S/C20H23NO5/c1-14(26-17-7-5-16(23-3)6-8-17)20(22)21(2)13-15-4-9-18-19(12-15)25-11-10-24-18/h4-9,12,14H,10-11,13H2,1-3H3. The molecular weight excluding hydrogens is 334 g/mol. The van der Waals surface area contributed by atoms with Gasteiger partial charge in [-0.25, -0.2) is 0 Å². The van der Waals surface area contributed by atoms with Gasteiger partial charge in [0.15, 0.2) is 17.6 Å². The van der Waals surface area contributed by atoms with Crippen LogP contribution in [0.1, 0.15) is 12.5 Å². The van der Waals surface area contributed by atoms with E-state index in [1.165, 1.54) is 0 Å². The van der Waals surface area contributed by atoms with Crippen molar-refractivity contribution in [3.63, 3.8) is 0 Å². The fourth-order valence-electron chi connectivity index (χ4n) is 2.76. The molecule has 1 aliphatic heterocycles. The van der Waals surface area contributed by atoms with Crippen LogP contribution in [0.15, 0.2) is 42.5 Å². The number of rotatable bonds is 6. The zero-order valence-electron chi connectivity index (χ0n) is 15.2. The number of hydrogen-bond acceptors (Lipinski definition) is 5. The Labute approximate surface area is 153 Å². The lowest BCUT2D eigenvalue weighted by Crippen LogP contribution is -2.37. The van der Waals surface area contributed by atoms with Crippen molar-refractivity contribution < 1.29 is 23.7 Å². The lowest BCUT2D eigenvalue weighted by atomic mass is 10.1. The Kier molecular flexibility index (Phi) is 5.51. The summed E-state index contributed by atoms with van der Waals surface area (Å²) in [6, 6.07) is 12.9. The molecule has 1 aliphatic rings. The zero-order valence-corrected chi connectivity index (χ0v) is 15.2. The van der Waals surface area contributed by atoms with Gasteiger partial charge in [0.1, 0.15) is 24.7 Å². The van der Waals surface area contributed by atoms with E-state index in [1.807, 2.05) is 18.2 Å². The summed E-state index contributed by atoms with van der Waals surface area (Å²) in [5.41, 5.74) is 0.974. The Balaban J connectivity index is 1.59. The Bertz CT molecular complexity index is 759. The van der Waals surface area contributed by atoms with Crippen LogP contribution in [-0.4, -0.2) is 44.3 Å². The van der Waals surface area contributed by atoms with Crippen molar-refractivity contribution in [1.82, 2.24) is 4.90 Å². The first-order valence-corrected chi connectivity index (χ1v) is 8.51. The number of nitrogens with zero attached hydrogens (tertiary/aromatic N) is 1. The highest BCUT2D eigenvalue weighted by Gasteiger charge is 2.20. The molecule has 0 saturated carbocycles. The van der Waals surface area contributed by atoms with Gasteiger partial charge in [-0.1, -0.05) is 6.07 Å². The number of benzene rings is 2. The Morgan fingerprint density at radius 1 is 1.08 bits per heavy atom. The van der Waals surface area contributed by atoms with Crippen LogP contribution < -0.4 is 18.9 Å². The number of likely N-dealkylation sites (N-methyl/N-ethyl adjacent to an activating group) is 1. The summed E-state index contributed by atoms with van der Waals surface area (Å²) in [4.78, 5) is 14.2. The smallest absolute Gasteiger partial charge is 0.263 e. The average Bonchev–Trinajstić information content (AvgIpc) is 2.67. The molecule has 6 nitrogen and oxygen atoms in total. The molecule has 1 unspecified atom stereocenters. The van der Waals surface area contributed by atoms with E-state index in [1.54, 1.807) is 50.2 Å². The summed E-state index contributed by atoms with van der Waals surface area (Å²) in [6.45, 7) is 3.31. The SMILES string of the molecule is COc1ccc(OC(C)C(=O)N(C)Cc2ccc3c(c2)OCCO3)cc1. The van der Waals surface area contributed by atoms with Gasteiger partial charge >= 0.3 is 0 Å². The second-order valence-electron chi connectivity index (χ2n) is 6.11. The number of amides is 1. The highest BCUT2D eigenvalue weighted by molar-refractivity contribution is 5.80. The molecule has 0 N–H and O–H groups in total. The van der Waals surface area contributed by atoms with Crippen LogP contribution >= 0.6 is 0 Å². The maximum atomic E-state index is 12.6. The predicted molar refractivity (Wildman–Crippen MR) is 97.0 cm³/mol. The molecule has 1 atom stereocenters. The minimum atomic E-state index is -0.592. The summed E-state index contributed by atoms with van der Waals surface area (Å²) in [7, 11) is 3.36. The molecule has 1 amide bonds. The fourth-order valence-corrected chi connectivity index (χ4v) is 2.76. The monoisotopic (exact) mass is 357 g/mol. The molecule has 0 aromatic heterocycles. The molecule has 138 valence electrons. The summed E-state index contributed by atoms with van der Waals surface area (Å²) in [6.07, 6.45) is -0.592. The van der Waals surface area contributed by atoms with Crippen LogP contribution in [-0.2, 0) is 11.3 Å². The van der Waals surface area contributed by atoms with Gasteiger partial charge in [-0.15, -0.1) is 0 Å². The number of methoxy groups -OCH3 is 1. The number of ether oxygens (including phenoxy) is 4. The Hall–Kier alpha value is -2.89. The van der Waals surface area contributed by atoms with Crippen LogP contribution in [0.2, 0.25) is 0 Å². The van der Waals surface area contributed by atoms with E-state index in [0.29, 0.717) is 25.5 Å². The number of fused-ring (bicyclic) bond motifs is 1. The van der Waals surface area contributed by atoms with E-state index in [4.69, 9.17) is 18.9 Å². The van der Waals surface area contributed by atoms with E-state index in [0.717, 1.165) is 22.8 Å². The maximum Gasteiger partial charge on any atom is 0.263 e. The molecule has 0 saturated heterocycles. The van der Waals surface area contributed by atoms with Gasteiger partial charge < -0.3 is 23.8 Å². The highest BCUT2D eigenvalue weighted by Crippen LogP contribution is 2.31. The molecule has 0 spiro atoms. The van der Waals surface area contributed by atoms with Gasteiger partial charge in [0.05, 0.1) is 7.11 Å². The summed E-state index contributed by atoms with van der Waals surface area (Å²) >= 11 is 0. The van der Waals surface area contributed by atoms with Crippen LogP contribution in [0.5, 0.6) is 23.0 Å². The first-order chi connectivity index (χ1) is 12.6. The fraction of sp³-hybridized carbons (Fsp3) is 0.350. The maximum absolute atomic E-state index is 12.6. The van der Waals surface area contributed by atoms with Gasteiger partial charge in [-0.3, -0.25) is 4.79 Å². The molecule has 2 aromatic rings. The second kappa shape index (κ2) is 7.99. The lowest BCUT2D eigenvalue weighted by molar-refractivity contribution is -0.137. The molecule has 2 aromatic carbocycles. The third-order valence-electron chi connectivity index (χ3n) is 4.12. The van der Waals surface area contributed by atoms with Gasteiger partial charge in [0.25, 0.3) is 5.91 Å². The largest absolute Gasteiger partial charge is 0.497 e. The summed E-state index contributed by atoms with van der Waals surface area (Å²) in [5.74, 6) is 2.73. The van der Waals surface area contributed by atoms with Crippen molar-refractivity contribution in [2.45, 2.75) is 19.6 Å². The molecular formula is C20H23NO5. The average molecular weight is 357 g/mol. The quantitative estimate of drug-likeness (QED) is 0.796. The van der Waals surface area contributed by atoms with Crippen molar-refractivity contribution in [1.29, 1.82) is 0 Å². The van der Waals surface area contributed by atoms with E-state index in [-0.39, 0.29) is 5.91 Å². The number of carbonyl (C=O) groups excluding carboxylic acids is 1. The third kappa shape index (κ3) is 4.20. The molecule has 0 fully saturated rings. The second-order valence-corrected chi connectivity index (χ2v) is 6.11. The molecule has 0 radical (unpaired) electrons. The van der Waals surface area contributed by atoms with Crippen LogP contribution in [0.3, 0.4) is 0 Å². The predicted octanol–water partition coefficient (Wildman–Crippen LogP) is 2.89. The normalized spacial score (nSPS) is 13.7. The summed E-state index contributed by atoms with van der Waals surface area (Å²) < 4.78 is 22.0. The number of hydrogen-bond donors (Lipinski definition) is 0. The van der Waals surface area contributed by atoms with E-state index < -0.39 is 6.10 Å². The van der Waals surface area contributed by atoms with Crippen LogP contribution in [0, 0.1) is 0 Å². The summed E-state index contributed by atoms with van der Waals surface area (Å²) in [5, 5.41) is 0. The molecule has 1 heterocycles. The zero-order chi connectivity index (χ0) is 18.5. The molecule has 0 aliphatic carbocycles. The molecule has 6 heteroatoms. The van der Waals surface area contributed by atoms with Gasteiger partial charge in [-0.2, -0.15) is 0 Å². The molecule has 26 heavy (non-hydrogen) atoms. The van der Waals surface area contributed by atoms with Crippen molar-refractivity contribution >= 4 is 5.91 Å². The first kappa shape index (κ1) is 17.9. The van der Waals surface area contributed by atoms with Crippen molar-refractivity contribution in [3.8, 4) is 23.0 Å². The molecule has 3 rings (SSSR count). The van der Waals surface area contributed by atoms with E-state index in [2.05, 4.69) is 0 Å². The van der Waals surface area contributed by atoms with Crippen molar-refractivity contribution in [2.75, 3.05) is 27.4 Å². The topological polar surface area (TPSA) is 57.2 Å². The van der Waals surface area contributed by atoms with Gasteiger partial charge in [0.2, 0.25) is 0 Å². The van der Waals surface area contributed by atoms with E-state index in [9.17, 15) is 4.79 Å². The number of carbonyl (C=O) groups is 1. The van der Waals surface area contributed by atoms with Gasteiger partial charge in [-0.05, 0) is 48.9 Å². The van der Waals surface area contributed by atoms with Crippen LogP contribution in [0.4, 0.5) is 0 Å². The highest BCUT2D eigenvalue weighted by atomic mass is 16.6.